The molecule has 0 saturated heterocycles. The summed E-state index contributed by atoms with van der Waals surface area (Å²) in [6, 6.07) is 19.3. The molecule has 4 aromatic rings. The Morgan fingerprint density at radius 2 is 1.68 bits per heavy atom. The van der Waals surface area contributed by atoms with Crippen LogP contribution < -0.4 is 15.6 Å². The first kappa shape index (κ1) is 23.1. The van der Waals surface area contributed by atoms with E-state index in [-0.39, 0.29) is 5.56 Å². The van der Waals surface area contributed by atoms with E-state index in [1.807, 2.05) is 25.1 Å². The van der Waals surface area contributed by atoms with E-state index < -0.39 is 17.6 Å². The quantitative estimate of drug-likeness (QED) is 0.214. The largest absolute Gasteiger partial charge is 0.489 e. The van der Waals surface area contributed by atoms with Gasteiger partial charge in [-0.3, -0.25) is 25.2 Å². The molecule has 0 atom stereocenters. The Morgan fingerprint density at radius 3 is 2.41 bits per heavy atom. The van der Waals surface area contributed by atoms with Crippen LogP contribution in [0.25, 0.3) is 10.9 Å². The minimum atomic E-state index is -0.926. The molecule has 4 rings (SSSR count). The predicted octanol–water partition coefficient (Wildman–Crippen LogP) is 4.66. The first-order valence-electron chi connectivity index (χ1n) is 10.5. The average Bonchev–Trinajstić information content (AvgIpc) is 3.18. The number of ketones is 1. The number of benzene rings is 3. The zero-order chi connectivity index (χ0) is 24.2. The van der Waals surface area contributed by atoms with Gasteiger partial charge in [0.05, 0.1) is 5.56 Å². The molecular formula is C26H22ClN3O4. The minimum absolute atomic E-state index is 0.280. The van der Waals surface area contributed by atoms with Crippen LogP contribution >= 0.6 is 11.6 Å². The lowest BCUT2D eigenvalue weighted by atomic mass is 10.1. The van der Waals surface area contributed by atoms with Crippen molar-refractivity contribution in [1.29, 1.82) is 0 Å². The summed E-state index contributed by atoms with van der Waals surface area (Å²) in [5.41, 5.74) is 8.21. The normalized spacial score (nSPS) is 10.7. The number of para-hydroxylation sites is 1. The number of nitrogens with one attached hydrogen (secondary N) is 3. The molecule has 0 aliphatic heterocycles. The highest BCUT2D eigenvalue weighted by atomic mass is 35.5. The van der Waals surface area contributed by atoms with Crippen LogP contribution in [0, 0.1) is 13.8 Å². The van der Waals surface area contributed by atoms with Gasteiger partial charge in [-0.1, -0.05) is 41.9 Å². The molecular weight excluding hydrogens is 454 g/mol. The summed E-state index contributed by atoms with van der Waals surface area (Å²) in [7, 11) is 0. The molecule has 1 heterocycles. The molecule has 8 heteroatoms. The van der Waals surface area contributed by atoms with E-state index in [1.165, 1.54) is 0 Å². The Bertz CT molecular complexity index is 1390. The number of aromatic amines is 1. The van der Waals surface area contributed by atoms with Gasteiger partial charge in [0.2, 0.25) is 0 Å². The van der Waals surface area contributed by atoms with E-state index in [2.05, 4.69) is 15.8 Å². The number of H-pyrrole nitrogens is 1. The van der Waals surface area contributed by atoms with Crippen molar-refractivity contribution in [1.82, 2.24) is 15.8 Å². The summed E-state index contributed by atoms with van der Waals surface area (Å²) in [6.07, 6.45) is 0. The summed E-state index contributed by atoms with van der Waals surface area (Å²) in [5.74, 6) is -1.51. The SMILES string of the molecule is Cc1cc(OCc2ccc(C(=O)NNC(=O)C(=O)c3c(C)[nH]c4ccccc34)cc2)ccc1Cl. The maximum atomic E-state index is 12.7. The summed E-state index contributed by atoms with van der Waals surface area (Å²) < 4.78 is 5.75. The van der Waals surface area contributed by atoms with Gasteiger partial charge < -0.3 is 9.72 Å². The smallest absolute Gasteiger partial charge is 0.310 e. The van der Waals surface area contributed by atoms with Crippen LogP contribution in [0.5, 0.6) is 5.75 Å². The van der Waals surface area contributed by atoms with Crippen molar-refractivity contribution in [3.05, 3.63) is 99.7 Å². The number of carbonyl (C=O) groups is 3. The number of amides is 2. The highest BCUT2D eigenvalue weighted by Gasteiger charge is 2.23. The maximum Gasteiger partial charge on any atom is 0.310 e. The van der Waals surface area contributed by atoms with Crippen LogP contribution in [-0.4, -0.2) is 22.6 Å². The number of rotatable bonds is 6. The van der Waals surface area contributed by atoms with Gasteiger partial charge in [-0.2, -0.15) is 0 Å². The molecule has 3 N–H and O–H groups in total. The van der Waals surface area contributed by atoms with E-state index >= 15 is 0 Å². The van der Waals surface area contributed by atoms with Gasteiger partial charge in [0, 0.05) is 27.2 Å². The van der Waals surface area contributed by atoms with Gasteiger partial charge in [-0.15, -0.1) is 0 Å². The Hall–Kier alpha value is -4.10. The second-order valence-electron chi connectivity index (χ2n) is 7.80. The topological polar surface area (TPSA) is 100 Å². The highest BCUT2D eigenvalue weighted by molar-refractivity contribution is 6.45. The fraction of sp³-hybridized carbons (Fsp3) is 0.115. The van der Waals surface area contributed by atoms with Gasteiger partial charge in [0.25, 0.3) is 11.7 Å². The van der Waals surface area contributed by atoms with E-state index in [4.69, 9.17) is 16.3 Å². The van der Waals surface area contributed by atoms with E-state index in [9.17, 15) is 14.4 Å². The summed E-state index contributed by atoms with van der Waals surface area (Å²) in [5, 5.41) is 1.33. The molecule has 0 aliphatic rings. The Morgan fingerprint density at radius 1 is 0.941 bits per heavy atom. The van der Waals surface area contributed by atoms with E-state index in [0.29, 0.717) is 34.0 Å². The van der Waals surface area contributed by atoms with Crippen molar-refractivity contribution in [2.75, 3.05) is 0 Å². The standard InChI is InChI=1S/C26H22ClN3O4/c1-15-13-19(11-12-21(15)27)34-14-17-7-9-18(10-8-17)25(32)29-30-26(33)24(31)23-16(2)28-22-6-4-3-5-20(22)23/h3-13,28H,14H2,1-2H3,(H,29,32)(H,30,33). The second-order valence-corrected chi connectivity index (χ2v) is 8.21. The Labute approximate surface area is 201 Å². The van der Waals surface area contributed by atoms with Gasteiger partial charge >= 0.3 is 5.91 Å². The summed E-state index contributed by atoms with van der Waals surface area (Å²) >= 11 is 6.02. The van der Waals surface area contributed by atoms with Crippen molar-refractivity contribution < 1.29 is 19.1 Å². The molecule has 1 aromatic heterocycles. The lowest BCUT2D eigenvalue weighted by Crippen LogP contribution is -2.45. The fourth-order valence-electron chi connectivity index (χ4n) is 3.55. The van der Waals surface area contributed by atoms with Crippen LogP contribution in [-0.2, 0) is 11.4 Å². The third-order valence-electron chi connectivity index (χ3n) is 5.37. The average molecular weight is 476 g/mol. The number of halogens is 1. The fourth-order valence-corrected chi connectivity index (χ4v) is 3.67. The lowest BCUT2D eigenvalue weighted by molar-refractivity contribution is -0.117. The number of hydrogen-bond acceptors (Lipinski definition) is 4. The van der Waals surface area contributed by atoms with Gasteiger partial charge in [-0.25, -0.2) is 0 Å². The number of aromatic nitrogens is 1. The van der Waals surface area contributed by atoms with E-state index in [1.54, 1.807) is 55.5 Å². The number of ether oxygens (including phenoxy) is 1. The molecule has 3 aromatic carbocycles. The van der Waals surface area contributed by atoms with Crippen LogP contribution in [0.2, 0.25) is 5.02 Å². The lowest BCUT2D eigenvalue weighted by Gasteiger charge is -2.09. The first-order valence-corrected chi connectivity index (χ1v) is 10.9. The molecule has 0 fully saturated rings. The molecule has 172 valence electrons. The third-order valence-corrected chi connectivity index (χ3v) is 5.79. The Kier molecular flexibility index (Phi) is 6.65. The molecule has 0 spiro atoms. The molecule has 0 saturated carbocycles. The molecule has 34 heavy (non-hydrogen) atoms. The molecule has 0 unspecified atom stereocenters. The van der Waals surface area contributed by atoms with Crippen molar-refractivity contribution in [3.8, 4) is 5.75 Å². The Balaban J connectivity index is 1.33. The van der Waals surface area contributed by atoms with E-state index in [0.717, 1.165) is 16.6 Å². The van der Waals surface area contributed by atoms with Crippen LogP contribution in [0.15, 0.2) is 66.7 Å². The van der Waals surface area contributed by atoms with Crippen LogP contribution in [0.4, 0.5) is 0 Å². The van der Waals surface area contributed by atoms with Crippen molar-refractivity contribution in [2.45, 2.75) is 20.5 Å². The zero-order valence-corrected chi connectivity index (χ0v) is 19.3. The number of fused-ring (bicyclic) bond motifs is 1. The second kappa shape index (κ2) is 9.80. The van der Waals surface area contributed by atoms with Gasteiger partial charge in [0.15, 0.2) is 0 Å². The molecule has 7 nitrogen and oxygen atoms in total. The third kappa shape index (κ3) is 4.94. The molecule has 0 radical (unpaired) electrons. The number of Topliss-reactive ketones (excluding diaryl/α,β-unsaturated/α-hetero) is 1. The van der Waals surface area contributed by atoms with Crippen LogP contribution in [0.3, 0.4) is 0 Å². The number of hydrogen-bond donors (Lipinski definition) is 3. The van der Waals surface area contributed by atoms with Crippen molar-refractivity contribution in [2.24, 2.45) is 0 Å². The minimum Gasteiger partial charge on any atom is -0.489 e. The predicted molar refractivity (Wildman–Crippen MR) is 130 cm³/mol. The van der Waals surface area contributed by atoms with Crippen LogP contribution in [0.1, 0.15) is 37.5 Å². The molecule has 0 bridgehead atoms. The summed E-state index contributed by atoms with van der Waals surface area (Å²) in [6.45, 7) is 3.94. The monoisotopic (exact) mass is 475 g/mol. The number of hydrazine groups is 1. The molecule has 2 amide bonds. The molecule has 0 aliphatic carbocycles. The number of aryl methyl sites for hydroxylation is 2. The summed E-state index contributed by atoms with van der Waals surface area (Å²) in [4.78, 5) is 40.5. The van der Waals surface area contributed by atoms with Crippen molar-refractivity contribution in [3.63, 3.8) is 0 Å². The van der Waals surface area contributed by atoms with Gasteiger partial charge in [-0.05, 0) is 61.4 Å². The maximum absolute atomic E-state index is 12.7. The number of carbonyl (C=O) groups excluding carboxylic acids is 3. The highest BCUT2D eigenvalue weighted by Crippen LogP contribution is 2.23. The zero-order valence-electron chi connectivity index (χ0n) is 18.6. The van der Waals surface area contributed by atoms with Gasteiger partial charge in [0.1, 0.15) is 12.4 Å². The first-order chi connectivity index (χ1) is 16.3. The van der Waals surface area contributed by atoms with Crippen molar-refractivity contribution >= 4 is 40.1 Å².